The van der Waals surface area contributed by atoms with Crippen molar-refractivity contribution in [2.45, 2.75) is 6.92 Å². The third-order valence-electron chi connectivity index (χ3n) is 4.09. The number of carbonyl (C=O) groups excluding carboxylic acids is 1. The first-order valence-corrected chi connectivity index (χ1v) is 7.86. The second-order valence-electron chi connectivity index (χ2n) is 5.85. The summed E-state index contributed by atoms with van der Waals surface area (Å²) in [7, 11) is 0. The second-order valence-corrected chi connectivity index (χ2v) is 5.85. The predicted octanol–water partition coefficient (Wildman–Crippen LogP) is 4.47. The van der Waals surface area contributed by atoms with Crippen LogP contribution in [0.1, 0.15) is 15.9 Å². The highest BCUT2D eigenvalue weighted by atomic mass is 16.5. The monoisotopic (exact) mass is 330 g/mol. The Bertz CT molecular complexity index is 1150. The van der Waals surface area contributed by atoms with E-state index in [4.69, 9.17) is 9.15 Å². The molecule has 25 heavy (non-hydrogen) atoms. The number of rotatable bonds is 2. The van der Waals surface area contributed by atoms with Crippen LogP contribution in [-0.2, 0) is 0 Å². The third-order valence-corrected chi connectivity index (χ3v) is 4.09. The molecule has 0 atom stereocenters. The first kappa shape index (κ1) is 15.1. The minimum absolute atomic E-state index is 0.330. The molecule has 4 aromatic rings. The third kappa shape index (κ3) is 2.78. The largest absolute Gasteiger partial charge is 0.423 e. The van der Waals surface area contributed by atoms with Gasteiger partial charge in [-0.05, 0) is 42.6 Å². The van der Waals surface area contributed by atoms with Gasteiger partial charge in [0.2, 0.25) is 0 Å². The Morgan fingerprint density at radius 3 is 2.36 bits per heavy atom. The maximum absolute atomic E-state index is 12.2. The second kappa shape index (κ2) is 5.91. The van der Waals surface area contributed by atoms with E-state index in [9.17, 15) is 9.59 Å². The van der Waals surface area contributed by atoms with Crippen molar-refractivity contribution >= 4 is 27.7 Å². The molecule has 1 aromatic heterocycles. The standard InChI is InChI=1S/C21H14O4/c1-13-6-8-14(9-7-13)20(22)24-15-10-11-17-16-4-2-3-5-18(16)21(23)25-19(17)12-15/h2-12H,1H3. The Balaban J connectivity index is 1.74. The van der Waals surface area contributed by atoms with Crippen LogP contribution >= 0.6 is 0 Å². The summed E-state index contributed by atoms with van der Waals surface area (Å²) in [5.41, 5.74) is 1.50. The fourth-order valence-corrected chi connectivity index (χ4v) is 2.78. The molecule has 0 fully saturated rings. The molecular weight excluding hydrogens is 316 g/mol. The van der Waals surface area contributed by atoms with Gasteiger partial charge < -0.3 is 9.15 Å². The summed E-state index contributed by atoms with van der Waals surface area (Å²) in [5.74, 6) is -0.126. The number of aryl methyl sites for hydroxylation is 1. The van der Waals surface area contributed by atoms with Crippen molar-refractivity contribution in [2.24, 2.45) is 0 Å². The zero-order valence-electron chi connectivity index (χ0n) is 13.5. The Labute approximate surface area is 143 Å². The molecule has 4 nitrogen and oxygen atoms in total. The van der Waals surface area contributed by atoms with Gasteiger partial charge in [-0.3, -0.25) is 0 Å². The van der Waals surface area contributed by atoms with Gasteiger partial charge in [-0.2, -0.15) is 0 Å². The van der Waals surface area contributed by atoms with Gasteiger partial charge in [-0.1, -0.05) is 35.9 Å². The quantitative estimate of drug-likeness (QED) is 0.235. The highest BCUT2D eigenvalue weighted by molar-refractivity contribution is 6.04. The van der Waals surface area contributed by atoms with Gasteiger partial charge in [0.25, 0.3) is 0 Å². The maximum atomic E-state index is 12.2. The van der Waals surface area contributed by atoms with Crippen LogP contribution in [0.15, 0.2) is 75.9 Å². The zero-order valence-corrected chi connectivity index (χ0v) is 13.5. The lowest BCUT2D eigenvalue weighted by Crippen LogP contribution is -2.08. The van der Waals surface area contributed by atoms with Crippen molar-refractivity contribution in [3.63, 3.8) is 0 Å². The van der Waals surface area contributed by atoms with Crippen LogP contribution in [0, 0.1) is 6.92 Å². The van der Waals surface area contributed by atoms with Crippen LogP contribution in [-0.4, -0.2) is 5.97 Å². The molecule has 0 spiro atoms. The van der Waals surface area contributed by atoms with Crippen LogP contribution in [0.5, 0.6) is 5.75 Å². The van der Waals surface area contributed by atoms with E-state index < -0.39 is 11.6 Å². The summed E-state index contributed by atoms with van der Waals surface area (Å²) in [6.07, 6.45) is 0. The molecule has 4 heteroatoms. The molecule has 0 aliphatic heterocycles. The van der Waals surface area contributed by atoms with Crippen molar-refractivity contribution in [2.75, 3.05) is 0 Å². The number of carbonyl (C=O) groups is 1. The molecule has 0 aliphatic carbocycles. The summed E-state index contributed by atoms with van der Waals surface area (Å²) >= 11 is 0. The molecule has 122 valence electrons. The van der Waals surface area contributed by atoms with E-state index in [0.29, 0.717) is 22.3 Å². The first-order valence-electron chi connectivity index (χ1n) is 7.86. The molecule has 0 saturated carbocycles. The van der Waals surface area contributed by atoms with E-state index in [1.807, 2.05) is 31.2 Å². The van der Waals surface area contributed by atoms with Gasteiger partial charge in [-0.15, -0.1) is 0 Å². The summed E-state index contributed by atoms with van der Waals surface area (Å²) < 4.78 is 10.8. The molecule has 0 bridgehead atoms. The molecule has 0 amide bonds. The van der Waals surface area contributed by atoms with Gasteiger partial charge >= 0.3 is 11.6 Å². The summed E-state index contributed by atoms with van der Waals surface area (Å²) in [4.78, 5) is 24.3. The van der Waals surface area contributed by atoms with Gasteiger partial charge in [0.05, 0.1) is 10.9 Å². The van der Waals surface area contributed by atoms with Crippen LogP contribution in [0.25, 0.3) is 21.7 Å². The summed E-state index contributed by atoms with van der Waals surface area (Å²) in [6, 6.07) is 19.4. The average molecular weight is 330 g/mol. The first-order chi connectivity index (χ1) is 12.1. The molecule has 0 saturated heterocycles. The van der Waals surface area contributed by atoms with E-state index in [2.05, 4.69) is 0 Å². The summed E-state index contributed by atoms with van der Waals surface area (Å²) in [6.45, 7) is 1.95. The molecule has 0 aliphatic rings. The number of esters is 1. The van der Waals surface area contributed by atoms with Gasteiger partial charge in [0, 0.05) is 11.5 Å². The molecule has 0 N–H and O–H groups in total. The number of ether oxygens (including phenoxy) is 1. The smallest absolute Gasteiger partial charge is 0.344 e. The molecule has 0 unspecified atom stereocenters. The van der Waals surface area contributed by atoms with E-state index in [1.165, 1.54) is 0 Å². The lowest BCUT2D eigenvalue weighted by molar-refractivity contribution is 0.0735. The number of hydrogen-bond acceptors (Lipinski definition) is 4. The van der Waals surface area contributed by atoms with Crippen LogP contribution < -0.4 is 10.4 Å². The van der Waals surface area contributed by atoms with Crippen molar-refractivity contribution in [1.82, 2.24) is 0 Å². The molecule has 4 rings (SSSR count). The highest BCUT2D eigenvalue weighted by Gasteiger charge is 2.11. The Hall–Kier alpha value is -3.40. The number of fused-ring (bicyclic) bond motifs is 3. The van der Waals surface area contributed by atoms with Gasteiger partial charge in [-0.25, -0.2) is 9.59 Å². The zero-order chi connectivity index (χ0) is 17.4. The SMILES string of the molecule is Cc1ccc(C(=O)Oc2ccc3c(c2)oc(=O)c2ccccc23)cc1. The van der Waals surface area contributed by atoms with Crippen molar-refractivity contribution in [1.29, 1.82) is 0 Å². The topological polar surface area (TPSA) is 56.5 Å². The fourth-order valence-electron chi connectivity index (χ4n) is 2.78. The average Bonchev–Trinajstić information content (AvgIpc) is 2.62. The summed E-state index contributed by atoms with van der Waals surface area (Å²) in [5, 5.41) is 2.13. The van der Waals surface area contributed by atoms with E-state index in [0.717, 1.165) is 16.3 Å². The molecule has 3 aromatic carbocycles. The van der Waals surface area contributed by atoms with Gasteiger partial charge in [0.1, 0.15) is 11.3 Å². The Kier molecular flexibility index (Phi) is 3.58. The van der Waals surface area contributed by atoms with E-state index >= 15 is 0 Å². The predicted molar refractivity (Wildman–Crippen MR) is 96.1 cm³/mol. The molecular formula is C21H14O4. The van der Waals surface area contributed by atoms with Crippen molar-refractivity contribution < 1.29 is 13.9 Å². The maximum Gasteiger partial charge on any atom is 0.344 e. The van der Waals surface area contributed by atoms with Crippen LogP contribution in [0.4, 0.5) is 0 Å². The Morgan fingerprint density at radius 2 is 1.60 bits per heavy atom. The molecule has 1 heterocycles. The van der Waals surface area contributed by atoms with E-state index in [1.54, 1.807) is 42.5 Å². The number of hydrogen-bond donors (Lipinski definition) is 0. The molecule has 0 radical (unpaired) electrons. The fraction of sp³-hybridized carbons (Fsp3) is 0.0476. The minimum Gasteiger partial charge on any atom is -0.423 e. The van der Waals surface area contributed by atoms with Crippen LogP contribution in [0.3, 0.4) is 0 Å². The normalized spacial score (nSPS) is 10.9. The van der Waals surface area contributed by atoms with E-state index in [-0.39, 0.29) is 0 Å². The van der Waals surface area contributed by atoms with Crippen molar-refractivity contribution in [3.8, 4) is 5.75 Å². The lowest BCUT2D eigenvalue weighted by atomic mass is 10.1. The number of benzene rings is 3. The lowest BCUT2D eigenvalue weighted by Gasteiger charge is -2.07. The van der Waals surface area contributed by atoms with Crippen LogP contribution in [0.2, 0.25) is 0 Å². The van der Waals surface area contributed by atoms with Crippen molar-refractivity contribution in [3.05, 3.63) is 88.3 Å². The minimum atomic E-state index is -0.456. The van der Waals surface area contributed by atoms with Gasteiger partial charge in [0.15, 0.2) is 0 Å². The Morgan fingerprint density at radius 1 is 0.880 bits per heavy atom. The highest BCUT2D eigenvalue weighted by Crippen LogP contribution is 2.26.